The predicted molar refractivity (Wildman–Crippen MR) is 86.9 cm³/mol. The van der Waals surface area contributed by atoms with Crippen LogP contribution in [0.1, 0.15) is 35.9 Å². The molecule has 0 aliphatic carbocycles. The molecule has 0 radical (unpaired) electrons. The Morgan fingerprint density at radius 1 is 1.27 bits per heavy atom. The summed E-state index contributed by atoms with van der Waals surface area (Å²) in [5.74, 6) is 0. The number of aryl methyl sites for hydroxylation is 2. The van der Waals surface area contributed by atoms with Gasteiger partial charge < -0.3 is 4.90 Å². The molecule has 2 aromatic rings. The van der Waals surface area contributed by atoms with Crippen molar-refractivity contribution in [2.24, 2.45) is 0 Å². The van der Waals surface area contributed by atoms with Crippen molar-refractivity contribution in [1.29, 1.82) is 0 Å². The van der Waals surface area contributed by atoms with Gasteiger partial charge in [0.2, 0.25) is 0 Å². The van der Waals surface area contributed by atoms with E-state index in [2.05, 4.69) is 52.3 Å². The highest BCUT2D eigenvalue weighted by atomic mass is 16.6. The lowest BCUT2D eigenvalue weighted by atomic mass is 9.99. The first-order chi connectivity index (χ1) is 10.7. The van der Waals surface area contributed by atoms with Gasteiger partial charge in [-0.3, -0.25) is 4.90 Å². The van der Waals surface area contributed by atoms with E-state index in [1.165, 1.54) is 36.2 Å². The minimum atomic E-state index is 0.757. The Morgan fingerprint density at radius 3 is 2.86 bits per heavy atom. The second-order valence-electron chi connectivity index (χ2n) is 6.11. The fraction of sp³-hybridized carbons (Fsp3) is 0.529. The molecule has 0 bridgehead atoms. The van der Waals surface area contributed by atoms with Gasteiger partial charge in [-0.15, -0.1) is 0 Å². The van der Waals surface area contributed by atoms with E-state index in [1.807, 2.05) is 6.92 Å². The van der Waals surface area contributed by atoms with E-state index < -0.39 is 0 Å². The number of benzene rings is 1. The zero-order valence-electron chi connectivity index (χ0n) is 13.7. The van der Waals surface area contributed by atoms with Crippen LogP contribution in [0, 0.1) is 6.92 Å². The maximum Gasteiger partial charge on any atom is 0.122 e. The molecule has 0 saturated heterocycles. The van der Waals surface area contributed by atoms with Crippen LogP contribution in [0.15, 0.2) is 22.8 Å². The molecular weight excluding hydrogens is 276 g/mol. The van der Waals surface area contributed by atoms with Gasteiger partial charge in [-0.25, -0.2) is 4.63 Å². The van der Waals surface area contributed by atoms with E-state index in [-0.39, 0.29) is 0 Å². The van der Waals surface area contributed by atoms with Crippen LogP contribution < -0.4 is 4.90 Å². The van der Waals surface area contributed by atoms with E-state index in [1.54, 1.807) is 0 Å². The predicted octanol–water partition coefficient (Wildman–Crippen LogP) is 2.78. The normalized spacial score (nSPS) is 14.5. The lowest BCUT2D eigenvalue weighted by Crippen LogP contribution is -2.29. The Kier molecular flexibility index (Phi) is 4.43. The van der Waals surface area contributed by atoms with Crippen molar-refractivity contribution >= 4 is 5.69 Å². The first-order valence-electron chi connectivity index (χ1n) is 8.00. The molecule has 1 aliphatic rings. The zero-order valence-corrected chi connectivity index (χ0v) is 13.7. The summed E-state index contributed by atoms with van der Waals surface area (Å²) in [6.07, 6.45) is 2.44. The van der Waals surface area contributed by atoms with Crippen molar-refractivity contribution in [3.8, 4) is 0 Å². The molecule has 0 amide bonds. The second kappa shape index (κ2) is 6.48. The number of fused-ring (bicyclic) bond motifs is 1. The number of rotatable bonds is 5. The summed E-state index contributed by atoms with van der Waals surface area (Å²) in [5.41, 5.74) is 6.04. The molecule has 5 heteroatoms. The third kappa shape index (κ3) is 3.14. The molecule has 1 aromatic carbocycles. The summed E-state index contributed by atoms with van der Waals surface area (Å²) in [6.45, 7) is 8.09. The average molecular weight is 300 g/mol. The zero-order chi connectivity index (χ0) is 15.5. The molecule has 0 fully saturated rings. The van der Waals surface area contributed by atoms with Crippen LogP contribution in [0.5, 0.6) is 0 Å². The van der Waals surface area contributed by atoms with Crippen LogP contribution in [0.25, 0.3) is 0 Å². The first kappa shape index (κ1) is 15.0. The van der Waals surface area contributed by atoms with Crippen LogP contribution in [0.2, 0.25) is 0 Å². The molecular formula is C17H24N4O. The highest BCUT2D eigenvalue weighted by molar-refractivity contribution is 5.56. The lowest BCUT2D eigenvalue weighted by molar-refractivity contribution is 0.279. The minimum Gasteiger partial charge on any atom is -0.372 e. The van der Waals surface area contributed by atoms with E-state index in [0.29, 0.717) is 0 Å². The molecule has 1 aliphatic heterocycles. The number of nitrogens with zero attached hydrogens (tertiary/aromatic N) is 4. The van der Waals surface area contributed by atoms with Crippen molar-refractivity contribution in [3.63, 3.8) is 0 Å². The van der Waals surface area contributed by atoms with Crippen LogP contribution >= 0.6 is 0 Å². The third-order valence-electron chi connectivity index (χ3n) is 4.36. The van der Waals surface area contributed by atoms with Crippen molar-refractivity contribution in [2.45, 2.75) is 39.8 Å². The molecule has 118 valence electrons. The van der Waals surface area contributed by atoms with Gasteiger partial charge in [0.05, 0.1) is 0 Å². The molecule has 0 N–H and O–H groups in total. The van der Waals surface area contributed by atoms with Crippen LogP contribution in [-0.4, -0.2) is 35.4 Å². The van der Waals surface area contributed by atoms with Crippen LogP contribution in [0.4, 0.5) is 5.69 Å². The summed E-state index contributed by atoms with van der Waals surface area (Å²) in [4.78, 5) is 4.71. The molecule has 1 aromatic heterocycles. The standard InChI is InChI=1S/C17H24N4O/c1-4-21-9-5-6-15-10-14(7-8-17(15)21)11-20(3)12-16-13(2)18-22-19-16/h7-8,10H,4-6,9,11-12H2,1-3H3. The highest BCUT2D eigenvalue weighted by Gasteiger charge is 2.16. The van der Waals surface area contributed by atoms with E-state index in [0.717, 1.165) is 31.0 Å². The van der Waals surface area contributed by atoms with Crippen LogP contribution in [0.3, 0.4) is 0 Å². The maximum absolute atomic E-state index is 4.76. The SMILES string of the molecule is CCN1CCCc2cc(CN(C)Cc3nonc3C)ccc21. The summed E-state index contributed by atoms with van der Waals surface area (Å²) < 4.78 is 4.76. The second-order valence-corrected chi connectivity index (χ2v) is 6.11. The lowest BCUT2D eigenvalue weighted by Gasteiger charge is -2.30. The summed E-state index contributed by atoms with van der Waals surface area (Å²) in [5, 5.41) is 7.79. The van der Waals surface area contributed by atoms with Crippen molar-refractivity contribution in [3.05, 3.63) is 40.7 Å². The number of anilines is 1. The van der Waals surface area contributed by atoms with Crippen molar-refractivity contribution in [2.75, 3.05) is 25.0 Å². The van der Waals surface area contributed by atoms with Gasteiger partial charge in [-0.05, 0) is 50.9 Å². The Labute approximate surface area is 131 Å². The molecule has 0 saturated carbocycles. The summed E-state index contributed by atoms with van der Waals surface area (Å²) in [7, 11) is 2.10. The first-order valence-corrected chi connectivity index (χ1v) is 8.00. The number of hydrogen-bond donors (Lipinski definition) is 0. The van der Waals surface area contributed by atoms with E-state index in [9.17, 15) is 0 Å². The van der Waals surface area contributed by atoms with Crippen LogP contribution in [-0.2, 0) is 19.5 Å². The fourth-order valence-corrected chi connectivity index (χ4v) is 3.17. The van der Waals surface area contributed by atoms with Crippen molar-refractivity contribution in [1.82, 2.24) is 15.2 Å². The van der Waals surface area contributed by atoms with Gasteiger partial charge in [-0.2, -0.15) is 0 Å². The molecule has 0 unspecified atom stereocenters. The largest absolute Gasteiger partial charge is 0.372 e. The molecule has 0 spiro atoms. The summed E-state index contributed by atoms with van der Waals surface area (Å²) in [6, 6.07) is 6.89. The van der Waals surface area contributed by atoms with Gasteiger partial charge in [0, 0.05) is 31.9 Å². The Hall–Kier alpha value is -1.88. The van der Waals surface area contributed by atoms with Gasteiger partial charge in [0.15, 0.2) is 0 Å². The quantitative estimate of drug-likeness (QED) is 0.849. The Bertz CT molecular complexity index is 637. The molecule has 3 rings (SSSR count). The maximum atomic E-state index is 4.76. The monoisotopic (exact) mass is 300 g/mol. The molecule has 5 nitrogen and oxygen atoms in total. The number of hydrogen-bond acceptors (Lipinski definition) is 5. The van der Waals surface area contributed by atoms with E-state index >= 15 is 0 Å². The summed E-state index contributed by atoms with van der Waals surface area (Å²) >= 11 is 0. The molecule has 2 heterocycles. The Morgan fingerprint density at radius 2 is 2.14 bits per heavy atom. The van der Waals surface area contributed by atoms with Gasteiger partial charge >= 0.3 is 0 Å². The van der Waals surface area contributed by atoms with Crippen molar-refractivity contribution < 1.29 is 4.63 Å². The fourth-order valence-electron chi connectivity index (χ4n) is 3.17. The smallest absolute Gasteiger partial charge is 0.122 e. The Balaban J connectivity index is 1.69. The third-order valence-corrected chi connectivity index (χ3v) is 4.36. The minimum absolute atomic E-state index is 0.757. The average Bonchev–Trinajstić information content (AvgIpc) is 2.91. The van der Waals surface area contributed by atoms with Gasteiger partial charge in [0.25, 0.3) is 0 Å². The van der Waals surface area contributed by atoms with Gasteiger partial charge in [-0.1, -0.05) is 22.4 Å². The molecule has 0 atom stereocenters. The molecule has 22 heavy (non-hydrogen) atoms. The van der Waals surface area contributed by atoms with Gasteiger partial charge in [0.1, 0.15) is 11.4 Å². The number of aromatic nitrogens is 2. The topological polar surface area (TPSA) is 45.4 Å². The highest BCUT2D eigenvalue weighted by Crippen LogP contribution is 2.28. The van der Waals surface area contributed by atoms with E-state index in [4.69, 9.17) is 4.63 Å².